The Morgan fingerprint density at radius 3 is 2.58 bits per heavy atom. The summed E-state index contributed by atoms with van der Waals surface area (Å²) in [6, 6.07) is 6.55. The first-order valence-corrected chi connectivity index (χ1v) is 5.72. The molecule has 1 aromatic heterocycles. The zero-order chi connectivity index (χ0) is 14.2. The third-order valence-electron chi connectivity index (χ3n) is 3.25. The molecular formula is C14H14FN3O. The first-order chi connectivity index (χ1) is 9.01. The molecule has 0 aliphatic carbocycles. The Labute approximate surface area is 110 Å². The highest BCUT2D eigenvalue weighted by Gasteiger charge is 2.17. The second-order valence-electron chi connectivity index (χ2n) is 4.24. The lowest BCUT2D eigenvalue weighted by Crippen LogP contribution is -2.03. The highest BCUT2D eigenvalue weighted by molar-refractivity contribution is 5.62. The molecule has 2 aromatic rings. The van der Waals surface area contributed by atoms with Gasteiger partial charge in [0.15, 0.2) is 11.6 Å². The Morgan fingerprint density at radius 1 is 1.37 bits per heavy atom. The van der Waals surface area contributed by atoms with E-state index in [-0.39, 0.29) is 5.75 Å². The molecule has 1 aromatic carbocycles. The van der Waals surface area contributed by atoms with Gasteiger partial charge in [-0.3, -0.25) is 4.57 Å². The van der Waals surface area contributed by atoms with Crippen LogP contribution in [0.4, 0.5) is 10.2 Å². The molecule has 0 saturated carbocycles. The number of ether oxygens (including phenoxy) is 1. The molecule has 0 bridgehead atoms. The molecule has 4 nitrogen and oxygen atoms in total. The Kier molecular flexibility index (Phi) is 3.17. The van der Waals surface area contributed by atoms with Crippen LogP contribution in [-0.4, -0.2) is 11.7 Å². The van der Waals surface area contributed by atoms with Crippen LogP contribution in [-0.2, 0) is 0 Å². The highest BCUT2D eigenvalue weighted by atomic mass is 19.1. The van der Waals surface area contributed by atoms with Crippen molar-refractivity contribution in [3.8, 4) is 17.5 Å². The monoisotopic (exact) mass is 259 g/mol. The topological polar surface area (TPSA) is 64.0 Å². The van der Waals surface area contributed by atoms with Crippen LogP contribution >= 0.6 is 0 Å². The lowest BCUT2D eigenvalue weighted by Gasteiger charge is -2.11. The van der Waals surface area contributed by atoms with Crippen molar-refractivity contribution in [2.24, 2.45) is 0 Å². The third kappa shape index (κ3) is 1.91. The zero-order valence-electron chi connectivity index (χ0n) is 11.0. The van der Waals surface area contributed by atoms with E-state index in [2.05, 4.69) is 6.07 Å². The van der Waals surface area contributed by atoms with Gasteiger partial charge in [0.1, 0.15) is 11.9 Å². The van der Waals surface area contributed by atoms with Crippen LogP contribution in [0.5, 0.6) is 5.75 Å². The van der Waals surface area contributed by atoms with Gasteiger partial charge in [0.25, 0.3) is 0 Å². The SMILES string of the molecule is COc1cc(-n2c(C)c(C)c(C#N)c2N)ccc1F. The van der Waals surface area contributed by atoms with E-state index in [4.69, 9.17) is 15.7 Å². The molecule has 0 radical (unpaired) electrons. The molecule has 0 fully saturated rings. The van der Waals surface area contributed by atoms with Gasteiger partial charge in [-0.15, -0.1) is 0 Å². The van der Waals surface area contributed by atoms with Crippen LogP contribution in [0.15, 0.2) is 18.2 Å². The number of rotatable bonds is 2. The minimum atomic E-state index is -0.438. The lowest BCUT2D eigenvalue weighted by atomic mass is 10.2. The third-order valence-corrected chi connectivity index (χ3v) is 3.25. The molecule has 19 heavy (non-hydrogen) atoms. The van der Waals surface area contributed by atoms with E-state index < -0.39 is 5.82 Å². The lowest BCUT2D eigenvalue weighted by molar-refractivity contribution is 0.386. The van der Waals surface area contributed by atoms with Crippen LogP contribution in [0.2, 0.25) is 0 Å². The zero-order valence-corrected chi connectivity index (χ0v) is 11.0. The number of nitrogen functional groups attached to an aromatic ring is 1. The van der Waals surface area contributed by atoms with E-state index in [1.165, 1.54) is 13.2 Å². The second kappa shape index (κ2) is 4.65. The average Bonchev–Trinajstić information content (AvgIpc) is 2.61. The van der Waals surface area contributed by atoms with Crippen LogP contribution in [0.25, 0.3) is 5.69 Å². The molecule has 0 atom stereocenters. The molecule has 0 aliphatic heterocycles. The average molecular weight is 259 g/mol. The van der Waals surface area contributed by atoms with E-state index in [0.29, 0.717) is 17.1 Å². The highest BCUT2D eigenvalue weighted by Crippen LogP contribution is 2.29. The molecule has 0 spiro atoms. The quantitative estimate of drug-likeness (QED) is 0.901. The summed E-state index contributed by atoms with van der Waals surface area (Å²) < 4.78 is 20.1. The fourth-order valence-electron chi connectivity index (χ4n) is 2.09. The predicted octanol–water partition coefficient (Wildman–Crippen LogP) is 2.70. The van der Waals surface area contributed by atoms with Crippen molar-refractivity contribution in [2.75, 3.05) is 12.8 Å². The Hall–Kier alpha value is -2.48. The van der Waals surface area contributed by atoms with Crippen LogP contribution in [0.1, 0.15) is 16.8 Å². The number of methoxy groups -OCH3 is 1. The molecular weight excluding hydrogens is 245 g/mol. The van der Waals surface area contributed by atoms with Crippen LogP contribution in [0.3, 0.4) is 0 Å². The summed E-state index contributed by atoms with van der Waals surface area (Å²) in [5.41, 5.74) is 8.77. The maximum Gasteiger partial charge on any atom is 0.165 e. The van der Waals surface area contributed by atoms with E-state index in [1.54, 1.807) is 16.7 Å². The van der Waals surface area contributed by atoms with Gasteiger partial charge in [0.05, 0.1) is 18.4 Å². The van der Waals surface area contributed by atoms with Gasteiger partial charge in [-0.25, -0.2) is 4.39 Å². The number of hydrogen-bond acceptors (Lipinski definition) is 3. The molecule has 0 aliphatic rings. The molecule has 2 rings (SSSR count). The number of nitrogens with zero attached hydrogens (tertiary/aromatic N) is 2. The predicted molar refractivity (Wildman–Crippen MR) is 70.9 cm³/mol. The number of benzene rings is 1. The molecule has 0 saturated heterocycles. The van der Waals surface area contributed by atoms with E-state index in [1.807, 2.05) is 13.8 Å². The minimum absolute atomic E-state index is 0.140. The minimum Gasteiger partial charge on any atom is -0.494 e. The van der Waals surface area contributed by atoms with Crippen molar-refractivity contribution < 1.29 is 9.13 Å². The van der Waals surface area contributed by atoms with Crippen LogP contribution in [0, 0.1) is 31.0 Å². The Morgan fingerprint density at radius 2 is 2.05 bits per heavy atom. The smallest absolute Gasteiger partial charge is 0.165 e. The molecule has 5 heteroatoms. The Balaban J connectivity index is 2.70. The van der Waals surface area contributed by atoms with Crippen molar-refractivity contribution in [3.63, 3.8) is 0 Å². The molecule has 98 valence electrons. The number of nitriles is 1. The van der Waals surface area contributed by atoms with E-state index in [0.717, 1.165) is 11.3 Å². The van der Waals surface area contributed by atoms with Gasteiger partial charge in [-0.1, -0.05) is 0 Å². The van der Waals surface area contributed by atoms with Gasteiger partial charge in [0.2, 0.25) is 0 Å². The van der Waals surface area contributed by atoms with Crippen LogP contribution < -0.4 is 10.5 Å². The number of hydrogen-bond donors (Lipinski definition) is 1. The Bertz CT molecular complexity index is 683. The number of aromatic nitrogens is 1. The maximum atomic E-state index is 13.4. The second-order valence-corrected chi connectivity index (χ2v) is 4.24. The normalized spacial score (nSPS) is 10.3. The van der Waals surface area contributed by atoms with Crippen molar-refractivity contribution in [1.29, 1.82) is 5.26 Å². The number of halogens is 1. The summed E-state index contributed by atoms with van der Waals surface area (Å²) in [5.74, 6) is 0.0548. The standard InChI is InChI=1S/C14H14FN3O/c1-8-9(2)18(14(17)11(8)7-16)10-4-5-12(15)13(6-10)19-3/h4-6H,17H2,1-3H3. The van der Waals surface area contributed by atoms with E-state index in [9.17, 15) is 4.39 Å². The first kappa shape index (κ1) is 13.0. The largest absolute Gasteiger partial charge is 0.494 e. The van der Waals surface area contributed by atoms with Gasteiger partial charge >= 0.3 is 0 Å². The van der Waals surface area contributed by atoms with Gasteiger partial charge < -0.3 is 10.5 Å². The summed E-state index contributed by atoms with van der Waals surface area (Å²) in [6.45, 7) is 3.70. The summed E-state index contributed by atoms with van der Waals surface area (Å²) in [5, 5.41) is 9.10. The maximum absolute atomic E-state index is 13.4. The van der Waals surface area contributed by atoms with Gasteiger partial charge in [-0.05, 0) is 31.5 Å². The summed E-state index contributed by atoms with van der Waals surface area (Å²) in [4.78, 5) is 0. The van der Waals surface area contributed by atoms with Gasteiger partial charge in [0, 0.05) is 11.8 Å². The molecule has 0 unspecified atom stereocenters. The molecule has 0 amide bonds. The number of anilines is 1. The van der Waals surface area contributed by atoms with Crippen molar-refractivity contribution in [3.05, 3.63) is 40.8 Å². The first-order valence-electron chi connectivity index (χ1n) is 5.72. The van der Waals surface area contributed by atoms with Crippen molar-refractivity contribution >= 4 is 5.82 Å². The molecule has 2 N–H and O–H groups in total. The van der Waals surface area contributed by atoms with Crippen molar-refractivity contribution in [2.45, 2.75) is 13.8 Å². The summed E-state index contributed by atoms with van der Waals surface area (Å²) in [7, 11) is 1.40. The summed E-state index contributed by atoms with van der Waals surface area (Å²) >= 11 is 0. The summed E-state index contributed by atoms with van der Waals surface area (Å²) in [6.07, 6.45) is 0. The van der Waals surface area contributed by atoms with E-state index >= 15 is 0 Å². The fourth-order valence-corrected chi connectivity index (χ4v) is 2.09. The molecule has 1 heterocycles. The van der Waals surface area contributed by atoms with Crippen molar-refractivity contribution in [1.82, 2.24) is 4.57 Å². The van der Waals surface area contributed by atoms with Gasteiger partial charge in [-0.2, -0.15) is 5.26 Å². The fraction of sp³-hybridized carbons (Fsp3) is 0.214. The number of nitrogens with two attached hydrogens (primary N) is 1.